The molecule has 5 rings (SSSR count). The number of rotatable bonds is 3. The van der Waals surface area contributed by atoms with E-state index in [9.17, 15) is 14.0 Å². The van der Waals surface area contributed by atoms with Crippen molar-refractivity contribution in [2.24, 2.45) is 5.92 Å². The Morgan fingerprint density at radius 3 is 2.42 bits per heavy atom. The second-order valence-corrected chi connectivity index (χ2v) is 8.22. The fourth-order valence-electron chi connectivity index (χ4n) is 3.94. The number of aliphatic carboxylic acids is 1. The van der Waals surface area contributed by atoms with Crippen LogP contribution in [0.4, 0.5) is 4.39 Å². The van der Waals surface area contributed by atoms with Crippen LogP contribution in [-0.4, -0.2) is 31.0 Å². The fraction of sp³-hybridized carbons (Fsp3) is 0.280. The van der Waals surface area contributed by atoms with E-state index in [0.717, 1.165) is 42.5 Å². The number of fused-ring (bicyclic) bond motifs is 1. The van der Waals surface area contributed by atoms with E-state index < -0.39 is 11.8 Å². The van der Waals surface area contributed by atoms with Gasteiger partial charge in [-0.05, 0) is 61.2 Å². The van der Waals surface area contributed by atoms with Gasteiger partial charge in [-0.1, -0.05) is 25.3 Å². The van der Waals surface area contributed by atoms with Gasteiger partial charge in [0.05, 0.1) is 17.0 Å². The highest BCUT2D eigenvalue weighted by Crippen LogP contribution is 2.27. The van der Waals surface area contributed by atoms with Crippen molar-refractivity contribution in [1.29, 1.82) is 0 Å². The number of H-pyrrole nitrogens is 2. The van der Waals surface area contributed by atoms with E-state index in [0.29, 0.717) is 22.6 Å². The number of nitrogens with zero attached hydrogens (tertiary/aromatic N) is 2. The first-order valence-electron chi connectivity index (χ1n) is 11.0. The lowest BCUT2D eigenvalue weighted by Crippen LogP contribution is -2.16. The van der Waals surface area contributed by atoms with Gasteiger partial charge in [-0.15, -0.1) is 0 Å². The maximum Gasteiger partial charge on any atom is 0.306 e. The summed E-state index contributed by atoms with van der Waals surface area (Å²) in [5, 5.41) is 8.54. The number of hydrogen-bond donors (Lipinski definition) is 3. The van der Waals surface area contributed by atoms with Gasteiger partial charge in [0.2, 0.25) is 5.56 Å². The molecule has 1 saturated carbocycles. The molecule has 0 radical (unpaired) electrons. The van der Waals surface area contributed by atoms with Gasteiger partial charge < -0.3 is 15.1 Å². The van der Waals surface area contributed by atoms with E-state index in [1.54, 1.807) is 24.4 Å². The molecule has 8 heteroatoms. The molecular weight excluding hydrogens is 423 g/mol. The van der Waals surface area contributed by atoms with Gasteiger partial charge in [-0.2, -0.15) is 0 Å². The minimum absolute atomic E-state index is 0.0289. The third kappa shape index (κ3) is 5.34. The number of imidazole rings is 1. The summed E-state index contributed by atoms with van der Waals surface area (Å²) in [4.78, 5) is 35.8. The van der Waals surface area contributed by atoms with Gasteiger partial charge in [0, 0.05) is 18.0 Å². The zero-order valence-electron chi connectivity index (χ0n) is 18.3. The summed E-state index contributed by atoms with van der Waals surface area (Å²) >= 11 is 0. The number of aromatic nitrogens is 4. The molecule has 0 saturated heterocycles. The second kappa shape index (κ2) is 9.77. The topological polar surface area (TPSA) is 112 Å². The summed E-state index contributed by atoms with van der Waals surface area (Å²) in [7, 11) is 0. The predicted octanol–water partition coefficient (Wildman–Crippen LogP) is 5.08. The minimum atomic E-state index is -0.602. The van der Waals surface area contributed by atoms with Crippen LogP contribution >= 0.6 is 0 Å². The van der Waals surface area contributed by atoms with Crippen LogP contribution in [-0.2, 0) is 4.79 Å². The standard InChI is InChI=1S/C18H13FN4O.C7H12O2/c1-10-2-6-15-18(21-10)23-17(22-15)13-5-3-11(8-14(13)19)12-4-7-16(24)20-9-12;8-7(9)6-4-2-1-3-5-6/h2-9H,1H3,(H,20,24)(H,21,22,23);6H,1-5H2,(H,8,9). The van der Waals surface area contributed by atoms with Gasteiger partial charge in [0.1, 0.15) is 11.6 Å². The smallest absolute Gasteiger partial charge is 0.306 e. The van der Waals surface area contributed by atoms with Gasteiger partial charge in [0.25, 0.3) is 0 Å². The number of carboxylic acid groups (broad SMARTS) is 1. The molecule has 1 fully saturated rings. The third-order valence-corrected chi connectivity index (χ3v) is 5.78. The zero-order chi connectivity index (χ0) is 23.4. The Bertz CT molecular complexity index is 1320. The highest BCUT2D eigenvalue weighted by Gasteiger charge is 2.19. The summed E-state index contributed by atoms with van der Waals surface area (Å²) < 4.78 is 14.6. The molecule has 1 aromatic carbocycles. The summed E-state index contributed by atoms with van der Waals surface area (Å²) in [6.45, 7) is 1.88. The molecule has 1 aliphatic rings. The van der Waals surface area contributed by atoms with E-state index in [2.05, 4.69) is 19.9 Å². The molecule has 0 amide bonds. The van der Waals surface area contributed by atoms with Crippen molar-refractivity contribution >= 4 is 17.1 Å². The van der Waals surface area contributed by atoms with E-state index in [1.807, 2.05) is 19.1 Å². The van der Waals surface area contributed by atoms with E-state index in [1.165, 1.54) is 18.6 Å². The molecule has 0 atom stereocenters. The fourth-order valence-corrected chi connectivity index (χ4v) is 3.94. The molecule has 1 aliphatic carbocycles. The Kier molecular flexibility index (Phi) is 6.63. The molecule has 3 aromatic heterocycles. The summed E-state index contributed by atoms with van der Waals surface area (Å²) in [6.07, 6.45) is 6.80. The average molecular weight is 448 g/mol. The van der Waals surface area contributed by atoms with Crippen LogP contribution in [0.2, 0.25) is 0 Å². The van der Waals surface area contributed by atoms with E-state index in [-0.39, 0.29) is 11.5 Å². The molecule has 0 aliphatic heterocycles. The van der Waals surface area contributed by atoms with E-state index >= 15 is 0 Å². The van der Waals surface area contributed by atoms with Crippen LogP contribution in [0.5, 0.6) is 0 Å². The van der Waals surface area contributed by atoms with Crippen molar-refractivity contribution in [2.45, 2.75) is 39.0 Å². The van der Waals surface area contributed by atoms with Gasteiger partial charge in [-0.25, -0.2) is 14.4 Å². The normalized spacial score (nSPS) is 14.0. The van der Waals surface area contributed by atoms with E-state index in [4.69, 9.17) is 5.11 Å². The minimum Gasteiger partial charge on any atom is -0.481 e. The van der Waals surface area contributed by atoms with Crippen molar-refractivity contribution < 1.29 is 14.3 Å². The van der Waals surface area contributed by atoms with Crippen molar-refractivity contribution in [3.05, 3.63) is 70.5 Å². The average Bonchev–Trinajstić information content (AvgIpc) is 3.23. The Hall–Kier alpha value is -3.81. The van der Waals surface area contributed by atoms with Crippen LogP contribution in [0.15, 0.2) is 53.5 Å². The highest BCUT2D eigenvalue weighted by molar-refractivity contribution is 5.77. The van der Waals surface area contributed by atoms with Crippen LogP contribution in [0.3, 0.4) is 0 Å². The predicted molar refractivity (Wildman–Crippen MR) is 124 cm³/mol. The van der Waals surface area contributed by atoms with Crippen LogP contribution in [0, 0.1) is 18.7 Å². The third-order valence-electron chi connectivity index (χ3n) is 5.78. The largest absolute Gasteiger partial charge is 0.481 e. The monoisotopic (exact) mass is 448 g/mol. The lowest BCUT2D eigenvalue weighted by Gasteiger charge is -2.16. The van der Waals surface area contributed by atoms with Crippen LogP contribution in [0.25, 0.3) is 33.7 Å². The highest BCUT2D eigenvalue weighted by atomic mass is 19.1. The number of carbonyl (C=O) groups is 1. The first kappa shape index (κ1) is 22.4. The second-order valence-electron chi connectivity index (χ2n) is 8.22. The zero-order valence-corrected chi connectivity index (χ0v) is 18.3. The molecule has 3 N–H and O–H groups in total. The van der Waals surface area contributed by atoms with Crippen LogP contribution < -0.4 is 5.56 Å². The molecule has 33 heavy (non-hydrogen) atoms. The number of pyridine rings is 2. The van der Waals surface area contributed by atoms with Crippen molar-refractivity contribution in [3.63, 3.8) is 0 Å². The molecule has 0 bridgehead atoms. The Balaban J connectivity index is 0.000000243. The molecule has 0 unspecified atom stereocenters. The van der Waals surface area contributed by atoms with Crippen molar-refractivity contribution in [2.75, 3.05) is 0 Å². The summed E-state index contributed by atoms with van der Waals surface area (Å²) in [5.41, 5.74) is 3.78. The van der Waals surface area contributed by atoms with Gasteiger partial charge >= 0.3 is 5.97 Å². The first-order valence-corrected chi connectivity index (χ1v) is 11.0. The Morgan fingerprint density at radius 2 is 1.79 bits per heavy atom. The Labute approximate surface area is 189 Å². The molecule has 7 nitrogen and oxygen atoms in total. The number of carboxylic acids is 1. The van der Waals surface area contributed by atoms with Gasteiger partial charge in [-0.3, -0.25) is 9.59 Å². The number of hydrogen-bond acceptors (Lipinski definition) is 4. The number of aryl methyl sites for hydroxylation is 1. The number of halogens is 1. The lowest BCUT2D eigenvalue weighted by atomic mass is 9.90. The summed E-state index contributed by atoms with van der Waals surface area (Å²) in [6, 6.07) is 11.7. The quantitative estimate of drug-likeness (QED) is 0.405. The lowest BCUT2D eigenvalue weighted by molar-refractivity contribution is -0.142. The first-order chi connectivity index (χ1) is 15.9. The SMILES string of the molecule is Cc1ccc2[nH]c(-c3ccc(-c4ccc(=O)[nH]c4)cc3F)nc2n1.O=C(O)C1CCCCC1. The number of nitrogens with one attached hydrogen (secondary N) is 2. The summed E-state index contributed by atoms with van der Waals surface area (Å²) in [5.74, 6) is -0.587. The molecule has 3 heterocycles. The number of benzene rings is 1. The van der Waals surface area contributed by atoms with Crippen LogP contribution in [0.1, 0.15) is 37.8 Å². The maximum absolute atomic E-state index is 14.6. The number of aromatic amines is 2. The van der Waals surface area contributed by atoms with Gasteiger partial charge in [0.15, 0.2) is 5.65 Å². The molecule has 170 valence electrons. The maximum atomic E-state index is 14.6. The van der Waals surface area contributed by atoms with Crippen molar-refractivity contribution in [3.8, 4) is 22.5 Å². The molecular formula is C25H25FN4O3. The molecule has 0 spiro atoms. The Morgan fingerprint density at radius 1 is 1.03 bits per heavy atom. The molecule has 4 aromatic rings. The van der Waals surface area contributed by atoms with Crippen molar-refractivity contribution in [1.82, 2.24) is 19.9 Å².